The Kier molecular flexibility index (Phi) is 5.44. The second kappa shape index (κ2) is 7.31. The summed E-state index contributed by atoms with van der Waals surface area (Å²) in [6.07, 6.45) is 1.26. The van der Waals surface area contributed by atoms with E-state index >= 15 is 0 Å². The predicted octanol–water partition coefficient (Wildman–Crippen LogP) is 3.65. The van der Waals surface area contributed by atoms with E-state index in [1.54, 1.807) is 12.1 Å². The molecule has 0 unspecified atom stereocenters. The normalized spacial score (nSPS) is 10.9. The lowest BCUT2D eigenvalue weighted by molar-refractivity contribution is -0.121. The van der Waals surface area contributed by atoms with Crippen LogP contribution in [-0.4, -0.2) is 17.4 Å². The van der Waals surface area contributed by atoms with Crippen LogP contribution in [0, 0.1) is 11.7 Å². The maximum absolute atomic E-state index is 12.9. The van der Waals surface area contributed by atoms with E-state index in [0.29, 0.717) is 25.3 Å². The summed E-state index contributed by atoms with van der Waals surface area (Å²) < 4.78 is 12.9. The van der Waals surface area contributed by atoms with Crippen LogP contribution in [0.25, 0.3) is 10.6 Å². The molecule has 1 heterocycles. The van der Waals surface area contributed by atoms with Crippen LogP contribution in [0.15, 0.2) is 29.6 Å². The second-order valence-electron chi connectivity index (χ2n) is 5.35. The number of benzene rings is 1. The monoisotopic (exact) mass is 306 g/mol. The van der Waals surface area contributed by atoms with Crippen LogP contribution >= 0.6 is 11.3 Å². The van der Waals surface area contributed by atoms with Crippen LogP contribution in [0.4, 0.5) is 4.39 Å². The van der Waals surface area contributed by atoms with Crippen molar-refractivity contribution < 1.29 is 9.18 Å². The molecule has 3 nitrogen and oxygen atoms in total. The number of thiazole rings is 1. The Morgan fingerprint density at radius 1 is 1.33 bits per heavy atom. The van der Waals surface area contributed by atoms with Gasteiger partial charge in [0.1, 0.15) is 10.8 Å². The molecule has 0 radical (unpaired) electrons. The topological polar surface area (TPSA) is 42.0 Å². The molecule has 0 aliphatic rings. The largest absolute Gasteiger partial charge is 0.356 e. The number of aromatic nitrogens is 1. The number of nitrogens with zero attached hydrogens (tertiary/aromatic N) is 1. The quantitative estimate of drug-likeness (QED) is 0.885. The first kappa shape index (κ1) is 15.6. The molecule has 5 heteroatoms. The Morgan fingerprint density at radius 2 is 2.05 bits per heavy atom. The van der Waals surface area contributed by atoms with E-state index in [1.807, 2.05) is 19.2 Å². The highest BCUT2D eigenvalue weighted by Crippen LogP contribution is 2.23. The second-order valence-corrected chi connectivity index (χ2v) is 6.21. The molecule has 0 bridgehead atoms. The zero-order valence-corrected chi connectivity index (χ0v) is 13.0. The highest BCUT2D eigenvalue weighted by atomic mass is 32.1. The summed E-state index contributed by atoms with van der Waals surface area (Å²) in [5, 5.41) is 5.75. The molecular formula is C16H19FN2OS. The number of halogens is 1. The number of carbonyl (C=O) groups excluding carboxylic acids is 1. The summed E-state index contributed by atoms with van der Waals surface area (Å²) in [6.45, 7) is 4.64. The SMILES string of the molecule is CC(C)CC(=O)NCCc1csc(-c2ccc(F)cc2)n1. The van der Waals surface area contributed by atoms with Gasteiger partial charge in [-0.25, -0.2) is 9.37 Å². The number of hydrogen-bond acceptors (Lipinski definition) is 3. The van der Waals surface area contributed by atoms with Crippen LogP contribution in [0.3, 0.4) is 0 Å². The molecule has 1 amide bonds. The molecule has 0 aliphatic carbocycles. The first-order chi connectivity index (χ1) is 10.0. The molecular weight excluding hydrogens is 287 g/mol. The molecule has 1 aromatic heterocycles. The first-order valence-corrected chi connectivity index (χ1v) is 7.89. The molecule has 1 aromatic carbocycles. The summed E-state index contributed by atoms with van der Waals surface area (Å²) in [6, 6.07) is 6.32. The van der Waals surface area contributed by atoms with Crippen molar-refractivity contribution in [3.05, 3.63) is 41.2 Å². The number of hydrogen-bond donors (Lipinski definition) is 1. The van der Waals surface area contributed by atoms with Gasteiger partial charge in [-0.05, 0) is 30.2 Å². The summed E-state index contributed by atoms with van der Waals surface area (Å²) in [4.78, 5) is 16.1. The van der Waals surface area contributed by atoms with E-state index in [4.69, 9.17) is 0 Å². The summed E-state index contributed by atoms with van der Waals surface area (Å²) >= 11 is 1.53. The maximum Gasteiger partial charge on any atom is 0.220 e. The minimum absolute atomic E-state index is 0.0824. The Labute approximate surface area is 128 Å². The first-order valence-electron chi connectivity index (χ1n) is 7.01. The fraction of sp³-hybridized carbons (Fsp3) is 0.375. The van der Waals surface area contributed by atoms with Crippen molar-refractivity contribution in [2.75, 3.05) is 6.54 Å². The Balaban J connectivity index is 1.86. The van der Waals surface area contributed by atoms with Crippen molar-refractivity contribution in [2.45, 2.75) is 26.7 Å². The van der Waals surface area contributed by atoms with Gasteiger partial charge in [-0.3, -0.25) is 4.79 Å². The zero-order valence-electron chi connectivity index (χ0n) is 12.2. The van der Waals surface area contributed by atoms with Crippen LogP contribution in [-0.2, 0) is 11.2 Å². The van der Waals surface area contributed by atoms with E-state index in [-0.39, 0.29) is 11.7 Å². The van der Waals surface area contributed by atoms with E-state index < -0.39 is 0 Å². The average Bonchev–Trinajstić information content (AvgIpc) is 2.87. The molecule has 0 aliphatic heterocycles. The van der Waals surface area contributed by atoms with E-state index in [2.05, 4.69) is 10.3 Å². The minimum Gasteiger partial charge on any atom is -0.356 e. The molecule has 21 heavy (non-hydrogen) atoms. The van der Waals surface area contributed by atoms with Gasteiger partial charge < -0.3 is 5.32 Å². The fourth-order valence-corrected chi connectivity index (χ4v) is 2.78. The van der Waals surface area contributed by atoms with Gasteiger partial charge in [0.25, 0.3) is 0 Å². The lowest BCUT2D eigenvalue weighted by Crippen LogP contribution is -2.26. The van der Waals surface area contributed by atoms with Crippen LogP contribution < -0.4 is 5.32 Å². The lowest BCUT2D eigenvalue weighted by Gasteiger charge is -2.05. The predicted molar refractivity (Wildman–Crippen MR) is 83.7 cm³/mol. The van der Waals surface area contributed by atoms with Gasteiger partial charge in [-0.2, -0.15) is 0 Å². The van der Waals surface area contributed by atoms with E-state index in [9.17, 15) is 9.18 Å². The molecule has 2 rings (SSSR count). The van der Waals surface area contributed by atoms with Crippen molar-refractivity contribution in [2.24, 2.45) is 5.92 Å². The molecule has 1 N–H and O–H groups in total. The van der Waals surface area contributed by atoms with Gasteiger partial charge >= 0.3 is 0 Å². The van der Waals surface area contributed by atoms with E-state index in [0.717, 1.165) is 16.3 Å². The average molecular weight is 306 g/mol. The third-order valence-electron chi connectivity index (χ3n) is 2.94. The van der Waals surface area contributed by atoms with Crippen LogP contribution in [0.1, 0.15) is 26.0 Å². The van der Waals surface area contributed by atoms with Gasteiger partial charge in [0, 0.05) is 30.3 Å². The van der Waals surface area contributed by atoms with Gasteiger partial charge in [0.15, 0.2) is 0 Å². The van der Waals surface area contributed by atoms with Crippen molar-refractivity contribution in [1.29, 1.82) is 0 Å². The van der Waals surface area contributed by atoms with Gasteiger partial charge in [0.2, 0.25) is 5.91 Å². The number of nitrogens with one attached hydrogen (secondary N) is 1. The maximum atomic E-state index is 12.9. The molecule has 0 atom stereocenters. The van der Waals surface area contributed by atoms with Gasteiger partial charge in [0.05, 0.1) is 5.69 Å². The van der Waals surface area contributed by atoms with Crippen molar-refractivity contribution in [3.63, 3.8) is 0 Å². The lowest BCUT2D eigenvalue weighted by atomic mass is 10.1. The third-order valence-corrected chi connectivity index (χ3v) is 3.88. The number of carbonyl (C=O) groups is 1. The summed E-state index contributed by atoms with van der Waals surface area (Å²) in [7, 11) is 0. The third kappa shape index (κ3) is 4.93. The van der Waals surface area contributed by atoms with Crippen molar-refractivity contribution in [1.82, 2.24) is 10.3 Å². The standard InChI is InChI=1S/C16H19FN2OS/c1-11(2)9-15(20)18-8-7-14-10-21-16(19-14)12-3-5-13(17)6-4-12/h3-6,10-11H,7-9H2,1-2H3,(H,18,20). The van der Waals surface area contributed by atoms with Gasteiger partial charge in [-0.15, -0.1) is 11.3 Å². The smallest absolute Gasteiger partial charge is 0.220 e. The van der Waals surface area contributed by atoms with Crippen LogP contribution in [0.2, 0.25) is 0 Å². The summed E-state index contributed by atoms with van der Waals surface area (Å²) in [5.74, 6) is 0.205. The summed E-state index contributed by atoms with van der Waals surface area (Å²) in [5.41, 5.74) is 1.86. The fourth-order valence-electron chi connectivity index (χ4n) is 1.92. The molecule has 0 saturated carbocycles. The Morgan fingerprint density at radius 3 is 2.71 bits per heavy atom. The molecule has 0 saturated heterocycles. The number of rotatable bonds is 6. The van der Waals surface area contributed by atoms with Crippen molar-refractivity contribution in [3.8, 4) is 10.6 Å². The van der Waals surface area contributed by atoms with Crippen LogP contribution in [0.5, 0.6) is 0 Å². The minimum atomic E-state index is -0.247. The van der Waals surface area contributed by atoms with Gasteiger partial charge in [-0.1, -0.05) is 13.8 Å². The molecule has 112 valence electrons. The molecule has 2 aromatic rings. The Hall–Kier alpha value is -1.75. The molecule has 0 fully saturated rings. The Bertz CT molecular complexity index is 593. The van der Waals surface area contributed by atoms with E-state index in [1.165, 1.54) is 23.5 Å². The zero-order chi connectivity index (χ0) is 15.2. The molecule has 0 spiro atoms. The van der Waals surface area contributed by atoms with Crippen molar-refractivity contribution >= 4 is 17.2 Å². The number of amides is 1. The highest BCUT2D eigenvalue weighted by Gasteiger charge is 2.07. The highest BCUT2D eigenvalue weighted by molar-refractivity contribution is 7.13.